The number of ether oxygens (including phenoxy) is 1. The molecule has 1 rings (SSSR count). The molecule has 0 radical (unpaired) electrons. The summed E-state index contributed by atoms with van der Waals surface area (Å²) in [5.74, 6) is -0.303. The van der Waals surface area contributed by atoms with Crippen molar-refractivity contribution in [1.29, 1.82) is 0 Å². The highest BCUT2D eigenvalue weighted by Gasteiger charge is 2.10. The molecule has 0 bridgehead atoms. The molecule has 0 N–H and O–H groups in total. The van der Waals surface area contributed by atoms with E-state index in [1.807, 2.05) is 0 Å². The molecule has 1 unspecified atom stereocenters. The number of aryl methyl sites for hydroxylation is 1. The van der Waals surface area contributed by atoms with Gasteiger partial charge in [0.05, 0.1) is 0 Å². The van der Waals surface area contributed by atoms with E-state index >= 15 is 0 Å². The Morgan fingerprint density at radius 3 is 2.70 bits per heavy atom. The van der Waals surface area contributed by atoms with Gasteiger partial charge in [0.25, 0.3) is 5.56 Å². The lowest BCUT2D eigenvalue weighted by Crippen LogP contribution is -2.37. The number of nitrogens with zero attached hydrogens (tertiary/aromatic N) is 2. The summed E-state index contributed by atoms with van der Waals surface area (Å²) in [7, 11) is 1.61. The van der Waals surface area contributed by atoms with Gasteiger partial charge in [-0.25, -0.2) is 4.79 Å². The number of aromatic nitrogens is 2. The van der Waals surface area contributed by atoms with Gasteiger partial charge >= 0.3 is 11.7 Å². The molecule has 0 aromatic carbocycles. The number of hydrogen-bond donors (Lipinski definition) is 0. The van der Waals surface area contributed by atoms with Crippen molar-refractivity contribution in [3.05, 3.63) is 33.1 Å². The molecule has 1 aromatic rings. The number of unbranched alkanes of at least 4 members (excludes halogenated alkanes) is 1. The average Bonchev–Trinajstić information content (AvgIpc) is 2.40. The molecular formula is C13H19BrN2O4. The smallest absolute Gasteiger partial charge is 0.330 e. The molecule has 0 saturated carbocycles. The minimum Gasteiger partial charge on any atom is -0.462 e. The number of carbonyl (C=O) groups excluding carboxylic acids is 1. The fourth-order valence-corrected chi connectivity index (χ4v) is 2.32. The van der Waals surface area contributed by atoms with E-state index < -0.39 is 0 Å². The zero-order valence-corrected chi connectivity index (χ0v) is 13.3. The minimum absolute atomic E-state index is 0.164. The van der Waals surface area contributed by atoms with Crippen LogP contribution in [0.15, 0.2) is 21.9 Å². The standard InChI is InChI=1S/C13H19BrN2O4/c1-10(17)20-11(9-14)5-3-4-7-16-12(18)6-8-15(2)13(16)19/h6,8,11H,3-5,7,9H2,1-2H3. The molecule has 6 nitrogen and oxygen atoms in total. The fraction of sp³-hybridized carbons (Fsp3) is 0.615. The van der Waals surface area contributed by atoms with E-state index in [0.29, 0.717) is 24.7 Å². The summed E-state index contributed by atoms with van der Waals surface area (Å²) in [5, 5.41) is 0.583. The Morgan fingerprint density at radius 1 is 1.40 bits per heavy atom. The molecule has 1 atom stereocenters. The number of rotatable bonds is 7. The van der Waals surface area contributed by atoms with Gasteiger partial charge in [-0.2, -0.15) is 0 Å². The number of carbonyl (C=O) groups is 1. The van der Waals surface area contributed by atoms with Crippen LogP contribution in [0.5, 0.6) is 0 Å². The highest BCUT2D eigenvalue weighted by Crippen LogP contribution is 2.08. The van der Waals surface area contributed by atoms with Gasteiger partial charge in [0.15, 0.2) is 0 Å². The van der Waals surface area contributed by atoms with E-state index in [1.165, 1.54) is 28.3 Å². The Hall–Kier alpha value is -1.37. The van der Waals surface area contributed by atoms with Crippen LogP contribution in [0.3, 0.4) is 0 Å². The van der Waals surface area contributed by atoms with Crippen molar-refractivity contribution in [3.63, 3.8) is 0 Å². The van der Waals surface area contributed by atoms with Crippen LogP contribution < -0.4 is 11.2 Å². The van der Waals surface area contributed by atoms with Crippen LogP contribution in [0.2, 0.25) is 0 Å². The molecule has 20 heavy (non-hydrogen) atoms. The van der Waals surface area contributed by atoms with Crippen LogP contribution in [0, 0.1) is 0 Å². The van der Waals surface area contributed by atoms with Crippen LogP contribution in [0.4, 0.5) is 0 Å². The van der Waals surface area contributed by atoms with E-state index in [-0.39, 0.29) is 23.3 Å². The third-order valence-electron chi connectivity index (χ3n) is 2.90. The fourth-order valence-electron chi connectivity index (χ4n) is 1.86. The molecule has 0 aliphatic rings. The van der Waals surface area contributed by atoms with Gasteiger partial charge in [-0.1, -0.05) is 15.9 Å². The van der Waals surface area contributed by atoms with Crippen molar-refractivity contribution in [2.75, 3.05) is 5.33 Å². The molecule has 0 aliphatic carbocycles. The maximum Gasteiger partial charge on any atom is 0.330 e. The molecule has 0 fully saturated rings. The second-order valence-corrected chi connectivity index (χ2v) is 5.23. The van der Waals surface area contributed by atoms with Crippen LogP contribution in [0.1, 0.15) is 26.2 Å². The largest absolute Gasteiger partial charge is 0.462 e. The van der Waals surface area contributed by atoms with Crippen LogP contribution >= 0.6 is 15.9 Å². The Balaban J connectivity index is 2.49. The van der Waals surface area contributed by atoms with Gasteiger partial charge in [0.1, 0.15) is 6.10 Å². The van der Waals surface area contributed by atoms with Crippen molar-refractivity contribution in [2.45, 2.75) is 38.8 Å². The lowest BCUT2D eigenvalue weighted by molar-refractivity contribution is -0.145. The summed E-state index contributed by atoms with van der Waals surface area (Å²) in [5.41, 5.74) is -0.598. The van der Waals surface area contributed by atoms with Gasteiger partial charge in [-0.05, 0) is 19.3 Å². The number of alkyl halides is 1. The molecule has 0 saturated heterocycles. The van der Waals surface area contributed by atoms with Crippen molar-refractivity contribution in [3.8, 4) is 0 Å². The van der Waals surface area contributed by atoms with Crippen molar-refractivity contribution in [1.82, 2.24) is 9.13 Å². The van der Waals surface area contributed by atoms with Gasteiger partial charge in [0, 0.05) is 38.1 Å². The third kappa shape index (κ3) is 4.96. The first-order valence-electron chi connectivity index (χ1n) is 6.45. The molecule has 7 heteroatoms. The molecule has 0 aliphatic heterocycles. The first-order valence-corrected chi connectivity index (χ1v) is 7.57. The zero-order valence-electron chi connectivity index (χ0n) is 11.7. The van der Waals surface area contributed by atoms with Crippen molar-refractivity contribution < 1.29 is 9.53 Å². The van der Waals surface area contributed by atoms with E-state index in [0.717, 1.165) is 6.42 Å². The molecule has 0 spiro atoms. The second kappa shape index (κ2) is 8.04. The average molecular weight is 347 g/mol. The van der Waals surface area contributed by atoms with Crippen LogP contribution in [0.25, 0.3) is 0 Å². The van der Waals surface area contributed by atoms with Crippen molar-refractivity contribution in [2.24, 2.45) is 7.05 Å². The Morgan fingerprint density at radius 2 is 2.10 bits per heavy atom. The molecule has 0 amide bonds. The maximum absolute atomic E-state index is 11.8. The molecule has 1 heterocycles. The minimum atomic E-state index is -0.311. The maximum atomic E-state index is 11.8. The lowest BCUT2D eigenvalue weighted by atomic mass is 10.1. The van der Waals surface area contributed by atoms with Gasteiger partial charge in [-0.15, -0.1) is 0 Å². The highest BCUT2D eigenvalue weighted by atomic mass is 79.9. The summed E-state index contributed by atoms with van der Waals surface area (Å²) in [4.78, 5) is 34.2. The van der Waals surface area contributed by atoms with E-state index in [1.54, 1.807) is 7.05 Å². The Labute approximate surface area is 125 Å². The van der Waals surface area contributed by atoms with Crippen LogP contribution in [-0.4, -0.2) is 26.5 Å². The van der Waals surface area contributed by atoms with E-state index in [4.69, 9.17) is 4.74 Å². The summed E-state index contributed by atoms with van der Waals surface area (Å²) in [6.07, 6.45) is 3.45. The molecule has 1 aromatic heterocycles. The Bertz CT molecular complexity index is 564. The first-order chi connectivity index (χ1) is 9.45. The lowest BCUT2D eigenvalue weighted by Gasteiger charge is -2.14. The topological polar surface area (TPSA) is 70.3 Å². The SMILES string of the molecule is CC(=O)OC(CBr)CCCCn1c(=O)ccn(C)c1=O. The van der Waals surface area contributed by atoms with Crippen molar-refractivity contribution >= 4 is 21.9 Å². The molecule has 112 valence electrons. The number of esters is 1. The summed E-state index contributed by atoms with van der Waals surface area (Å²) < 4.78 is 7.69. The number of halogens is 1. The zero-order chi connectivity index (χ0) is 15.1. The summed E-state index contributed by atoms with van der Waals surface area (Å²) in [6, 6.07) is 1.38. The first kappa shape index (κ1) is 16.7. The van der Waals surface area contributed by atoms with E-state index in [9.17, 15) is 14.4 Å². The second-order valence-electron chi connectivity index (χ2n) is 4.58. The molecular weight excluding hydrogens is 328 g/mol. The van der Waals surface area contributed by atoms with Gasteiger partial charge < -0.3 is 9.30 Å². The van der Waals surface area contributed by atoms with Gasteiger partial charge in [-0.3, -0.25) is 14.2 Å². The Kier molecular flexibility index (Phi) is 6.70. The highest BCUT2D eigenvalue weighted by molar-refractivity contribution is 9.09. The van der Waals surface area contributed by atoms with E-state index in [2.05, 4.69) is 15.9 Å². The summed E-state index contributed by atoms with van der Waals surface area (Å²) in [6.45, 7) is 1.75. The quantitative estimate of drug-likeness (QED) is 0.420. The third-order valence-corrected chi connectivity index (χ3v) is 3.62. The predicted octanol–water partition coefficient (Wildman–Crippen LogP) is 1.04. The summed E-state index contributed by atoms with van der Waals surface area (Å²) >= 11 is 3.29. The predicted molar refractivity (Wildman–Crippen MR) is 79.1 cm³/mol. The number of hydrogen-bond acceptors (Lipinski definition) is 4. The van der Waals surface area contributed by atoms with Gasteiger partial charge in [0.2, 0.25) is 0 Å². The monoisotopic (exact) mass is 346 g/mol. The normalized spacial score (nSPS) is 12.2. The van der Waals surface area contributed by atoms with Crippen LogP contribution in [-0.2, 0) is 23.1 Å².